The van der Waals surface area contributed by atoms with Gasteiger partial charge in [-0.2, -0.15) is 8.42 Å². The van der Waals surface area contributed by atoms with E-state index < -0.39 is 22.1 Å². The molecule has 1 saturated heterocycles. The average molecular weight is 264 g/mol. The van der Waals surface area contributed by atoms with E-state index in [2.05, 4.69) is 0 Å². The van der Waals surface area contributed by atoms with Gasteiger partial charge in [0, 0.05) is 6.61 Å². The highest BCUT2D eigenvalue weighted by atomic mass is 32.3. The Balaban J connectivity index is 2.09. The van der Waals surface area contributed by atoms with E-state index in [0.29, 0.717) is 6.61 Å². The van der Waals surface area contributed by atoms with Gasteiger partial charge in [-0.25, -0.2) is 0 Å². The topological polar surface area (TPSA) is 43.4 Å². The van der Waals surface area contributed by atoms with Gasteiger partial charge in [-0.3, -0.25) is 0 Å². The van der Waals surface area contributed by atoms with Gasteiger partial charge >= 0.3 is 10.2 Å². The number of rotatable bonds is 2. The zero-order chi connectivity index (χ0) is 12.4. The second kappa shape index (κ2) is 5.22. The Morgan fingerprint density at radius 2 is 1.65 bits per heavy atom. The third kappa shape index (κ3) is 3.41. The van der Waals surface area contributed by atoms with E-state index in [-0.39, 0.29) is 5.41 Å². The first-order valence-electron chi connectivity index (χ1n) is 6.56. The summed E-state index contributed by atoms with van der Waals surface area (Å²) in [6.07, 6.45) is 8.37. The second-order valence-electron chi connectivity index (χ2n) is 5.45. The molecular formula is C12H21FO3S. The molecule has 3 nitrogen and oxygen atoms in total. The van der Waals surface area contributed by atoms with Gasteiger partial charge in [0.2, 0.25) is 0 Å². The van der Waals surface area contributed by atoms with Gasteiger partial charge in [0.25, 0.3) is 0 Å². The molecule has 1 aliphatic carbocycles. The molecule has 1 aliphatic heterocycles. The molecule has 17 heavy (non-hydrogen) atoms. The molecule has 0 N–H and O–H groups in total. The third-order valence-electron chi connectivity index (χ3n) is 4.30. The quantitative estimate of drug-likeness (QED) is 0.720. The fraction of sp³-hybridized carbons (Fsp3) is 1.00. The van der Waals surface area contributed by atoms with Gasteiger partial charge in [-0.1, -0.05) is 32.1 Å². The highest BCUT2D eigenvalue weighted by Crippen LogP contribution is 2.46. The minimum Gasteiger partial charge on any atom is -0.376 e. The Kier molecular flexibility index (Phi) is 4.08. The van der Waals surface area contributed by atoms with Crippen LogP contribution in [0.15, 0.2) is 0 Å². The van der Waals surface area contributed by atoms with Crippen molar-refractivity contribution in [2.24, 2.45) is 5.41 Å². The minimum absolute atomic E-state index is 0.0699. The van der Waals surface area contributed by atoms with Crippen molar-refractivity contribution in [3.05, 3.63) is 0 Å². The van der Waals surface area contributed by atoms with Crippen LogP contribution in [0.2, 0.25) is 0 Å². The van der Waals surface area contributed by atoms with E-state index in [1.54, 1.807) is 0 Å². The zero-order valence-corrected chi connectivity index (χ0v) is 11.0. The predicted octanol–water partition coefficient (Wildman–Crippen LogP) is 2.81. The molecule has 100 valence electrons. The Hall–Kier alpha value is -0.160. The van der Waals surface area contributed by atoms with E-state index in [0.717, 1.165) is 32.1 Å². The van der Waals surface area contributed by atoms with Crippen LogP contribution in [0, 0.1) is 5.41 Å². The van der Waals surface area contributed by atoms with Crippen molar-refractivity contribution < 1.29 is 17.0 Å². The molecule has 0 bridgehead atoms. The van der Waals surface area contributed by atoms with E-state index in [1.165, 1.54) is 19.3 Å². The lowest BCUT2D eigenvalue weighted by molar-refractivity contribution is 0.0503. The van der Waals surface area contributed by atoms with Crippen molar-refractivity contribution in [1.29, 1.82) is 0 Å². The fourth-order valence-electron chi connectivity index (χ4n) is 3.33. The maximum absolute atomic E-state index is 12.9. The lowest BCUT2D eigenvalue weighted by atomic mass is 9.72. The normalized spacial score (nSPS) is 30.1. The van der Waals surface area contributed by atoms with E-state index in [9.17, 15) is 12.3 Å². The summed E-state index contributed by atoms with van der Waals surface area (Å²) in [5.74, 6) is -0.451. The van der Waals surface area contributed by atoms with Gasteiger partial charge in [-0.15, -0.1) is 3.89 Å². The van der Waals surface area contributed by atoms with E-state index in [4.69, 9.17) is 4.74 Å². The third-order valence-corrected chi connectivity index (χ3v) is 5.00. The highest BCUT2D eigenvalue weighted by Gasteiger charge is 2.45. The summed E-state index contributed by atoms with van der Waals surface area (Å²) in [5, 5.41) is 0. The predicted molar refractivity (Wildman–Crippen MR) is 64.0 cm³/mol. The van der Waals surface area contributed by atoms with Crippen molar-refractivity contribution in [1.82, 2.24) is 0 Å². The van der Waals surface area contributed by atoms with Crippen molar-refractivity contribution in [2.75, 3.05) is 12.4 Å². The summed E-state index contributed by atoms with van der Waals surface area (Å²) < 4.78 is 40.0. The van der Waals surface area contributed by atoms with Crippen molar-refractivity contribution in [3.63, 3.8) is 0 Å². The molecule has 0 aromatic rings. The monoisotopic (exact) mass is 264 g/mol. The Labute approximate surface area is 103 Å². The molecule has 1 spiro atoms. The molecule has 0 aromatic carbocycles. The molecule has 5 heteroatoms. The number of ether oxygens (including phenoxy) is 1. The van der Waals surface area contributed by atoms with Crippen LogP contribution in [0.1, 0.15) is 51.4 Å². The average Bonchev–Trinajstić information content (AvgIpc) is 2.54. The molecule has 1 heterocycles. The summed E-state index contributed by atoms with van der Waals surface area (Å²) in [6.45, 7) is 0.584. The Bertz CT molecular complexity index is 345. The molecule has 1 unspecified atom stereocenters. The van der Waals surface area contributed by atoms with Gasteiger partial charge in [0.05, 0.1) is 6.10 Å². The molecule has 2 aliphatic rings. The van der Waals surface area contributed by atoms with Crippen molar-refractivity contribution >= 4 is 10.2 Å². The van der Waals surface area contributed by atoms with Crippen LogP contribution in [0.4, 0.5) is 3.89 Å². The minimum atomic E-state index is -4.43. The summed E-state index contributed by atoms with van der Waals surface area (Å²) in [6, 6.07) is 0. The highest BCUT2D eigenvalue weighted by molar-refractivity contribution is 7.86. The van der Waals surface area contributed by atoms with Gasteiger partial charge < -0.3 is 4.74 Å². The number of halogens is 1. The van der Waals surface area contributed by atoms with Gasteiger partial charge in [0.15, 0.2) is 0 Å². The first-order chi connectivity index (χ1) is 8.02. The first-order valence-corrected chi connectivity index (χ1v) is 8.11. The van der Waals surface area contributed by atoms with Crippen LogP contribution < -0.4 is 0 Å². The van der Waals surface area contributed by atoms with E-state index in [1.807, 2.05) is 0 Å². The van der Waals surface area contributed by atoms with Gasteiger partial charge in [0.1, 0.15) is 5.75 Å². The largest absolute Gasteiger partial charge is 0.376 e. The van der Waals surface area contributed by atoms with Crippen LogP contribution in [-0.4, -0.2) is 26.9 Å². The SMILES string of the molecule is O=S(=O)(F)CC1OCCC12CCCCCCC2. The van der Waals surface area contributed by atoms with Crippen molar-refractivity contribution in [2.45, 2.75) is 57.5 Å². The van der Waals surface area contributed by atoms with Crippen LogP contribution in [-0.2, 0) is 15.0 Å². The molecule has 0 aromatic heterocycles. The zero-order valence-electron chi connectivity index (χ0n) is 10.2. The lowest BCUT2D eigenvalue weighted by Crippen LogP contribution is -2.36. The molecule has 2 fully saturated rings. The van der Waals surface area contributed by atoms with E-state index >= 15 is 0 Å². The first kappa shape index (κ1) is 13.3. The summed E-state index contributed by atoms with van der Waals surface area (Å²) in [5.41, 5.74) is -0.0699. The van der Waals surface area contributed by atoms with Gasteiger partial charge in [-0.05, 0) is 24.7 Å². The van der Waals surface area contributed by atoms with Crippen LogP contribution in [0.25, 0.3) is 0 Å². The molecular weight excluding hydrogens is 243 g/mol. The summed E-state index contributed by atoms with van der Waals surface area (Å²) >= 11 is 0. The summed E-state index contributed by atoms with van der Waals surface area (Å²) in [7, 11) is -4.43. The molecule has 2 rings (SSSR count). The fourth-order valence-corrected chi connectivity index (χ4v) is 4.14. The molecule has 1 saturated carbocycles. The number of hydrogen-bond acceptors (Lipinski definition) is 3. The van der Waals surface area contributed by atoms with Crippen LogP contribution in [0.3, 0.4) is 0 Å². The molecule has 0 radical (unpaired) electrons. The lowest BCUT2D eigenvalue weighted by Gasteiger charge is -2.35. The Morgan fingerprint density at radius 1 is 1.06 bits per heavy atom. The summed E-state index contributed by atoms with van der Waals surface area (Å²) in [4.78, 5) is 0. The second-order valence-corrected chi connectivity index (χ2v) is 6.86. The maximum atomic E-state index is 12.9. The smallest absolute Gasteiger partial charge is 0.304 e. The van der Waals surface area contributed by atoms with Crippen molar-refractivity contribution in [3.8, 4) is 0 Å². The van der Waals surface area contributed by atoms with Crippen LogP contribution >= 0.6 is 0 Å². The number of hydrogen-bond donors (Lipinski definition) is 0. The molecule has 0 amide bonds. The Morgan fingerprint density at radius 3 is 2.24 bits per heavy atom. The maximum Gasteiger partial charge on any atom is 0.304 e. The molecule has 1 atom stereocenters. The standard InChI is InChI=1S/C12H21FO3S/c13-17(14,15)10-11-12(8-9-16-11)6-4-2-1-3-5-7-12/h11H,1-10H2. The van der Waals surface area contributed by atoms with Crippen LogP contribution in [0.5, 0.6) is 0 Å².